The van der Waals surface area contributed by atoms with E-state index >= 15 is 0 Å². The van der Waals surface area contributed by atoms with Crippen molar-refractivity contribution in [1.82, 2.24) is 0 Å². The molecule has 7 nitrogen and oxygen atoms in total. The van der Waals surface area contributed by atoms with Gasteiger partial charge in [0.15, 0.2) is 25.1 Å². The van der Waals surface area contributed by atoms with Crippen LogP contribution in [0.25, 0.3) is 0 Å². The van der Waals surface area contributed by atoms with Crippen LogP contribution in [-0.2, 0) is 33.2 Å². The van der Waals surface area contributed by atoms with Crippen molar-refractivity contribution in [2.24, 2.45) is 0 Å². The molecule has 0 aromatic heterocycles. The van der Waals surface area contributed by atoms with E-state index in [9.17, 15) is 0 Å². The highest BCUT2D eigenvalue weighted by Crippen LogP contribution is 2.29. The van der Waals surface area contributed by atoms with Gasteiger partial charge in [-0.3, -0.25) is 0 Å². The summed E-state index contributed by atoms with van der Waals surface area (Å²) < 4.78 is 48.1. The van der Waals surface area contributed by atoms with Gasteiger partial charge in [0.25, 0.3) is 0 Å². The third-order valence-corrected chi connectivity index (χ3v) is 16.1. The zero-order valence-corrected chi connectivity index (χ0v) is 55.0. The summed E-state index contributed by atoms with van der Waals surface area (Å²) in [6, 6.07) is 0. The van der Waals surface area contributed by atoms with Crippen molar-refractivity contribution in [3.63, 3.8) is 0 Å². The lowest BCUT2D eigenvalue weighted by molar-refractivity contribution is -0.167. The maximum Gasteiger partial charge on any atom is 0.162 e. The molecule has 0 spiro atoms. The molecule has 0 aromatic carbocycles. The molecule has 0 aliphatic heterocycles. The molecule has 0 saturated carbocycles. The first-order valence-corrected chi connectivity index (χ1v) is 35.9. The zero-order chi connectivity index (χ0) is 57.4. The van der Waals surface area contributed by atoms with E-state index < -0.39 is 0 Å². The summed E-state index contributed by atoms with van der Waals surface area (Å²) in [5.74, 6) is 3.94. The lowest BCUT2D eigenvalue weighted by atomic mass is 10.0. The fraction of sp³-hybridized carbons (Fsp3) is 0.944. The van der Waals surface area contributed by atoms with Gasteiger partial charge < -0.3 is 33.2 Å². The molecule has 472 valence electrons. The molecular weight excluding hydrogens is 977 g/mol. The molecule has 0 heterocycles. The second-order valence-corrected chi connectivity index (χ2v) is 23.9. The maximum absolute atomic E-state index is 6.99. The molecule has 0 rings (SSSR count). The highest BCUT2D eigenvalue weighted by molar-refractivity contribution is 5.09. The molecule has 7 heteroatoms. The Bertz CT molecular complexity index is 1140. The molecule has 0 N–H and O–H groups in total. The van der Waals surface area contributed by atoms with Gasteiger partial charge in [0.2, 0.25) is 0 Å². The molecule has 2 unspecified atom stereocenters. The van der Waals surface area contributed by atoms with E-state index in [4.69, 9.17) is 33.2 Å². The first kappa shape index (κ1) is 77.6. The van der Waals surface area contributed by atoms with Crippen LogP contribution in [0, 0.1) is 0 Å². The van der Waals surface area contributed by atoms with Gasteiger partial charge in [0.1, 0.15) is 23.7 Å². The number of rotatable bonds is 68. The van der Waals surface area contributed by atoms with Crippen molar-refractivity contribution in [3.8, 4) is 0 Å². The quantitative estimate of drug-likeness (QED) is 0.0342. The number of ether oxygens (including phenoxy) is 7. The van der Waals surface area contributed by atoms with Crippen LogP contribution in [0.3, 0.4) is 0 Å². The van der Waals surface area contributed by atoms with Crippen molar-refractivity contribution >= 4 is 0 Å². The summed E-state index contributed by atoms with van der Waals surface area (Å²) >= 11 is 0. The average Bonchev–Trinajstić information content (AvgIpc) is 3.45. The summed E-state index contributed by atoms with van der Waals surface area (Å²) in [6.07, 6.45) is 63.2. The summed E-state index contributed by atoms with van der Waals surface area (Å²) in [6.45, 7) is 21.6. The molecule has 0 saturated heterocycles. The molecule has 0 aliphatic carbocycles. The van der Waals surface area contributed by atoms with E-state index in [-0.39, 0.29) is 25.8 Å². The summed E-state index contributed by atoms with van der Waals surface area (Å²) in [7, 11) is 0. The van der Waals surface area contributed by atoms with Crippen molar-refractivity contribution in [3.05, 3.63) is 23.0 Å². The third-order valence-electron chi connectivity index (χ3n) is 16.1. The van der Waals surface area contributed by atoms with Gasteiger partial charge in [-0.1, -0.05) is 325 Å². The minimum Gasteiger partial charge on any atom is -0.494 e. The van der Waals surface area contributed by atoms with E-state index in [0.29, 0.717) is 13.2 Å². The molecule has 0 aliphatic rings. The van der Waals surface area contributed by atoms with Crippen LogP contribution in [0.4, 0.5) is 0 Å². The van der Waals surface area contributed by atoms with Crippen LogP contribution in [0.2, 0.25) is 0 Å². The second kappa shape index (κ2) is 65.7. The summed E-state index contributed by atoms with van der Waals surface area (Å²) in [5, 5.41) is 0. The van der Waals surface area contributed by atoms with Crippen LogP contribution in [-0.4, -0.2) is 52.2 Å². The molecule has 0 amide bonds. The van der Waals surface area contributed by atoms with Crippen molar-refractivity contribution in [2.75, 3.05) is 40.0 Å². The van der Waals surface area contributed by atoms with Gasteiger partial charge in [0.05, 0.1) is 26.4 Å². The molecular formula is C72H142O7. The molecule has 79 heavy (non-hydrogen) atoms. The first-order chi connectivity index (χ1) is 39.1. The highest BCUT2D eigenvalue weighted by atomic mass is 16.7. The minimum atomic E-state index is -0.222. The Morgan fingerprint density at radius 3 is 0.709 bits per heavy atom. The van der Waals surface area contributed by atoms with Gasteiger partial charge in [0, 0.05) is 12.8 Å². The fourth-order valence-corrected chi connectivity index (χ4v) is 10.8. The topological polar surface area (TPSA) is 64.6 Å². The largest absolute Gasteiger partial charge is 0.494 e. The summed E-state index contributed by atoms with van der Waals surface area (Å²) in [4.78, 5) is 0. The zero-order valence-electron chi connectivity index (χ0n) is 55.0. The van der Waals surface area contributed by atoms with Gasteiger partial charge in [-0.15, -0.1) is 0 Å². The second-order valence-electron chi connectivity index (χ2n) is 23.9. The average molecular weight is 1120 g/mol. The van der Waals surface area contributed by atoms with Crippen LogP contribution in [0.1, 0.15) is 389 Å². The lowest BCUT2D eigenvalue weighted by Crippen LogP contribution is -2.25. The lowest BCUT2D eigenvalue weighted by Gasteiger charge is -2.26. The number of allylic oxidation sites excluding steroid dienone is 2. The molecule has 0 aromatic rings. The monoisotopic (exact) mass is 1120 g/mol. The SMILES string of the molecule is CCCCCCCCCOC(CCCCC)=C(OCCCCCCCCC)C(CCCCCCCCC)OCOCOC(CCCCCCCCC)C(OCCCCCCCCC)=C(CCCCC)OCCCCCCCCC. The van der Waals surface area contributed by atoms with Crippen molar-refractivity contribution in [2.45, 2.75) is 401 Å². The van der Waals surface area contributed by atoms with E-state index in [1.807, 2.05) is 0 Å². The Morgan fingerprint density at radius 1 is 0.228 bits per heavy atom. The number of unbranched alkanes of at least 4 members (excludes halogenated alkanes) is 40. The molecule has 0 fully saturated rings. The van der Waals surface area contributed by atoms with Gasteiger partial charge in [-0.25, -0.2) is 0 Å². The Kier molecular flexibility index (Phi) is 64.5. The molecule has 0 radical (unpaired) electrons. The van der Waals surface area contributed by atoms with E-state index in [1.54, 1.807) is 0 Å². The van der Waals surface area contributed by atoms with Crippen LogP contribution in [0.15, 0.2) is 23.0 Å². The Labute approximate surface area is 495 Å². The Hall–Kier alpha value is -1.44. The van der Waals surface area contributed by atoms with Crippen molar-refractivity contribution < 1.29 is 33.2 Å². The normalized spacial score (nSPS) is 13.2. The standard InChI is InChI=1S/C72H142O7/c1-9-17-25-31-37-43-51-59-69(71(76-63-55-47-41-35-29-21-13-5)67(57-49-23-15-7)74-61-53-45-39-33-27-19-11-3)78-65-73-66-79-70(60-52-44-38-32-26-18-10-2)72(77-64-56-48-42-36-30-22-14-6)68(58-50-24-16-8)75-62-54-46-40-34-28-20-12-4/h69-70H,9-66H2,1-8H3. The minimum absolute atomic E-state index is 0.144. The van der Waals surface area contributed by atoms with Crippen LogP contribution >= 0.6 is 0 Å². The predicted octanol–water partition coefficient (Wildman–Crippen LogP) is 24.6. The van der Waals surface area contributed by atoms with E-state index in [1.165, 1.54) is 257 Å². The predicted molar refractivity (Wildman–Crippen MR) is 344 cm³/mol. The molecule has 2 atom stereocenters. The smallest absolute Gasteiger partial charge is 0.162 e. The Morgan fingerprint density at radius 2 is 0.443 bits per heavy atom. The van der Waals surface area contributed by atoms with E-state index in [2.05, 4.69) is 55.4 Å². The van der Waals surface area contributed by atoms with Gasteiger partial charge >= 0.3 is 0 Å². The van der Waals surface area contributed by atoms with Crippen LogP contribution in [0.5, 0.6) is 0 Å². The summed E-state index contributed by atoms with van der Waals surface area (Å²) in [5.41, 5.74) is 0. The van der Waals surface area contributed by atoms with Gasteiger partial charge in [-0.2, -0.15) is 0 Å². The number of hydrogen-bond donors (Lipinski definition) is 0. The third kappa shape index (κ3) is 51.9. The van der Waals surface area contributed by atoms with E-state index in [0.717, 1.165) is 113 Å². The maximum atomic E-state index is 6.99. The van der Waals surface area contributed by atoms with Gasteiger partial charge in [-0.05, 0) is 51.4 Å². The Balaban J connectivity index is 6.87. The molecule has 0 bridgehead atoms. The van der Waals surface area contributed by atoms with Crippen LogP contribution < -0.4 is 0 Å². The fourth-order valence-electron chi connectivity index (χ4n) is 10.8. The van der Waals surface area contributed by atoms with Crippen molar-refractivity contribution in [1.29, 1.82) is 0 Å². The highest BCUT2D eigenvalue weighted by Gasteiger charge is 2.25. The number of hydrogen-bond acceptors (Lipinski definition) is 7. The first-order valence-electron chi connectivity index (χ1n) is 35.9.